The monoisotopic (exact) mass is 251 g/mol. The molecular weight excluding hydrogens is 226 g/mol. The fraction of sp³-hybridized carbons (Fsp3) is 0.600. The molecule has 2 heteroatoms. The van der Waals surface area contributed by atoms with Gasteiger partial charge in [0.25, 0.3) is 0 Å². The summed E-state index contributed by atoms with van der Waals surface area (Å²) in [7, 11) is 0. The first-order chi connectivity index (χ1) is 8.36. The zero-order valence-corrected chi connectivity index (χ0v) is 12.0. The van der Waals surface area contributed by atoms with Crippen LogP contribution in [-0.4, -0.2) is 12.3 Å². The second-order valence-electron chi connectivity index (χ2n) is 4.34. The van der Waals surface area contributed by atoms with Gasteiger partial charge >= 0.3 is 0 Å². The third-order valence-electron chi connectivity index (χ3n) is 2.74. The van der Waals surface area contributed by atoms with E-state index < -0.39 is 0 Å². The third kappa shape index (κ3) is 6.75. The minimum Gasteiger partial charge on any atom is -0.313 e. The van der Waals surface area contributed by atoms with Gasteiger partial charge in [-0.15, -0.1) is 11.8 Å². The van der Waals surface area contributed by atoms with Gasteiger partial charge in [0, 0.05) is 11.4 Å². The third-order valence-corrected chi connectivity index (χ3v) is 3.82. The molecule has 0 radical (unpaired) electrons. The molecule has 0 aromatic heterocycles. The van der Waals surface area contributed by atoms with Gasteiger partial charge in [-0.2, -0.15) is 0 Å². The molecular formula is C15H25NS. The van der Waals surface area contributed by atoms with Crippen molar-refractivity contribution in [2.75, 3.05) is 12.3 Å². The molecule has 0 unspecified atom stereocenters. The Balaban J connectivity index is 2.27. The molecule has 0 aliphatic heterocycles. The molecule has 0 amide bonds. The maximum Gasteiger partial charge on any atom is 0.0205 e. The summed E-state index contributed by atoms with van der Waals surface area (Å²) in [5, 5.41) is 3.37. The van der Waals surface area contributed by atoms with Crippen molar-refractivity contribution in [3.63, 3.8) is 0 Å². The highest BCUT2D eigenvalue weighted by Gasteiger charge is 1.97. The molecule has 17 heavy (non-hydrogen) atoms. The Morgan fingerprint density at radius 1 is 1.12 bits per heavy atom. The first-order valence-corrected chi connectivity index (χ1v) is 7.77. The van der Waals surface area contributed by atoms with Gasteiger partial charge in [0.05, 0.1) is 0 Å². The highest BCUT2D eigenvalue weighted by Crippen LogP contribution is 2.20. The van der Waals surface area contributed by atoms with Gasteiger partial charge in [0.1, 0.15) is 0 Å². The van der Waals surface area contributed by atoms with Crippen molar-refractivity contribution >= 4 is 11.8 Å². The molecule has 1 rings (SSSR count). The summed E-state index contributed by atoms with van der Waals surface area (Å²) in [6.45, 7) is 6.43. The van der Waals surface area contributed by atoms with Crippen LogP contribution in [-0.2, 0) is 6.54 Å². The zero-order valence-electron chi connectivity index (χ0n) is 11.2. The molecule has 0 bridgehead atoms. The van der Waals surface area contributed by atoms with Crippen LogP contribution in [0.3, 0.4) is 0 Å². The lowest BCUT2D eigenvalue weighted by Gasteiger charge is -2.05. The predicted molar refractivity (Wildman–Crippen MR) is 78.7 cm³/mol. The Hall–Kier alpha value is -0.470. The van der Waals surface area contributed by atoms with E-state index in [0.717, 1.165) is 13.1 Å². The van der Waals surface area contributed by atoms with Crippen molar-refractivity contribution in [3.8, 4) is 0 Å². The first kappa shape index (κ1) is 14.6. The largest absolute Gasteiger partial charge is 0.313 e. The molecule has 0 saturated carbocycles. The predicted octanol–water partition coefficient (Wildman–Crippen LogP) is 4.47. The molecule has 1 aromatic rings. The Morgan fingerprint density at radius 3 is 2.76 bits per heavy atom. The number of benzene rings is 1. The van der Waals surface area contributed by atoms with E-state index in [4.69, 9.17) is 0 Å². The van der Waals surface area contributed by atoms with Crippen LogP contribution < -0.4 is 5.32 Å². The second kappa shape index (κ2) is 9.55. The van der Waals surface area contributed by atoms with Crippen molar-refractivity contribution in [1.29, 1.82) is 0 Å². The van der Waals surface area contributed by atoms with Crippen molar-refractivity contribution in [3.05, 3.63) is 29.8 Å². The maximum atomic E-state index is 3.37. The average molecular weight is 251 g/mol. The summed E-state index contributed by atoms with van der Waals surface area (Å²) in [6, 6.07) is 8.90. The van der Waals surface area contributed by atoms with Crippen molar-refractivity contribution in [1.82, 2.24) is 5.32 Å². The lowest BCUT2D eigenvalue weighted by atomic mass is 10.2. The van der Waals surface area contributed by atoms with Gasteiger partial charge in [0.2, 0.25) is 0 Å². The molecule has 96 valence electrons. The zero-order chi connectivity index (χ0) is 12.3. The van der Waals surface area contributed by atoms with E-state index in [2.05, 4.69) is 43.4 Å². The van der Waals surface area contributed by atoms with Crippen LogP contribution in [0.5, 0.6) is 0 Å². The van der Waals surface area contributed by atoms with Gasteiger partial charge in [-0.1, -0.05) is 45.2 Å². The van der Waals surface area contributed by atoms with Crippen molar-refractivity contribution in [2.45, 2.75) is 51.0 Å². The highest BCUT2D eigenvalue weighted by molar-refractivity contribution is 7.99. The Bertz CT molecular complexity index is 299. The fourth-order valence-corrected chi connectivity index (χ4v) is 2.73. The number of hydrogen-bond donors (Lipinski definition) is 1. The minimum atomic E-state index is 0.987. The second-order valence-corrected chi connectivity index (χ2v) is 5.51. The van der Waals surface area contributed by atoms with Crippen LogP contribution in [0.25, 0.3) is 0 Å². The summed E-state index contributed by atoms with van der Waals surface area (Å²) in [6.07, 6.45) is 5.42. The van der Waals surface area contributed by atoms with Crippen LogP contribution in [0.15, 0.2) is 29.2 Å². The Kier molecular flexibility index (Phi) is 8.20. The van der Waals surface area contributed by atoms with E-state index >= 15 is 0 Å². The SMILES string of the molecule is CCCCCCSc1cccc(CNCC)c1. The normalized spacial score (nSPS) is 10.7. The average Bonchev–Trinajstić information content (AvgIpc) is 2.37. The van der Waals surface area contributed by atoms with Crippen LogP contribution in [0.4, 0.5) is 0 Å². The standard InChI is InChI=1S/C15H25NS/c1-3-5-6-7-11-17-15-10-8-9-14(12-15)13-16-4-2/h8-10,12,16H,3-7,11,13H2,1-2H3. The Morgan fingerprint density at radius 2 is 2.00 bits per heavy atom. The summed E-state index contributed by atoms with van der Waals surface area (Å²) in [5.74, 6) is 1.25. The van der Waals surface area contributed by atoms with Gasteiger partial charge in [-0.25, -0.2) is 0 Å². The lowest BCUT2D eigenvalue weighted by Crippen LogP contribution is -2.11. The molecule has 1 nitrogen and oxygen atoms in total. The van der Waals surface area contributed by atoms with Crippen LogP contribution in [0, 0.1) is 0 Å². The Labute approximate surface area is 110 Å². The van der Waals surface area contributed by atoms with Crippen LogP contribution >= 0.6 is 11.8 Å². The van der Waals surface area contributed by atoms with E-state index in [1.54, 1.807) is 0 Å². The van der Waals surface area contributed by atoms with Crippen molar-refractivity contribution < 1.29 is 0 Å². The van der Waals surface area contributed by atoms with Gasteiger partial charge < -0.3 is 5.32 Å². The van der Waals surface area contributed by atoms with Crippen molar-refractivity contribution in [2.24, 2.45) is 0 Å². The van der Waals surface area contributed by atoms with E-state index in [0.29, 0.717) is 0 Å². The molecule has 0 heterocycles. The van der Waals surface area contributed by atoms with Crippen LogP contribution in [0.2, 0.25) is 0 Å². The number of rotatable bonds is 9. The summed E-state index contributed by atoms with van der Waals surface area (Å²) < 4.78 is 0. The number of unbranched alkanes of at least 4 members (excludes halogenated alkanes) is 3. The molecule has 0 aliphatic rings. The smallest absolute Gasteiger partial charge is 0.0205 e. The summed E-state index contributed by atoms with van der Waals surface area (Å²) in [5.41, 5.74) is 1.39. The van der Waals surface area contributed by atoms with E-state index in [9.17, 15) is 0 Å². The lowest BCUT2D eigenvalue weighted by molar-refractivity contribution is 0.706. The number of nitrogens with one attached hydrogen (secondary N) is 1. The topological polar surface area (TPSA) is 12.0 Å². The van der Waals surface area contributed by atoms with Gasteiger partial charge in [-0.05, 0) is 36.4 Å². The maximum absolute atomic E-state index is 3.37. The van der Waals surface area contributed by atoms with E-state index in [1.807, 2.05) is 11.8 Å². The van der Waals surface area contributed by atoms with E-state index in [-0.39, 0.29) is 0 Å². The molecule has 0 saturated heterocycles. The molecule has 0 atom stereocenters. The molecule has 1 aromatic carbocycles. The molecule has 0 aliphatic carbocycles. The molecule has 0 fully saturated rings. The summed E-state index contributed by atoms with van der Waals surface area (Å²) >= 11 is 1.99. The van der Waals surface area contributed by atoms with Crippen LogP contribution in [0.1, 0.15) is 45.1 Å². The van der Waals surface area contributed by atoms with E-state index in [1.165, 1.54) is 41.9 Å². The van der Waals surface area contributed by atoms with Gasteiger partial charge in [-0.3, -0.25) is 0 Å². The molecule has 0 spiro atoms. The summed E-state index contributed by atoms with van der Waals surface area (Å²) in [4.78, 5) is 1.41. The quantitative estimate of drug-likeness (QED) is 0.513. The fourth-order valence-electron chi connectivity index (χ4n) is 1.73. The van der Waals surface area contributed by atoms with Gasteiger partial charge in [0.15, 0.2) is 0 Å². The minimum absolute atomic E-state index is 0.987. The molecule has 1 N–H and O–H groups in total. The first-order valence-electron chi connectivity index (χ1n) is 6.79. The number of thioether (sulfide) groups is 1. The highest BCUT2D eigenvalue weighted by atomic mass is 32.2. The number of hydrogen-bond acceptors (Lipinski definition) is 2.